The second kappa shape index (κ2) is 3.79. The predicted octanol–water partition coefficient (Wildman–Crippen LogP) is 3.28. The van der Waals surface area contributed by atoms with Crippen LogP contribution in [0.1, 0.15) is 16.7 Å². The Balaban J connectivity index is 2.28. The summed E-state index contributed by atoms with van der Waals surface area (Å²) in [6.07, 6.45) is 0. The Labute approximate surface area is 112 Å². The molecule has 1 N–H and O–H groups in total. The summed E-state index contributed by atoms with van der Waals surface area (Å²) in [5.74, 6) is 0. The fourth-order valence-electron chi connectivity index (χ4n) is 2.46. The number of hydrogen-bond acceptors (Lipinski definition) is 2. The summed E-state index contributed by atoms with van der Waals surface area (Å²) >= 11 is 0. The molecule has 2 aromatic rings. The molecule has 0 atom stereocenters. The van der Waals surface area contributed by atoms with Gasteiger partial charge >= 0.3 is 0 Å². The van der Waals surface area contributed by atoms with Gasteiger partial charge in [0, 0.05) is 0 Å². The lowest BCUT2D eigenvalue weighted by Gasteiger charge is -2.03. The minimum Gasteiger partial charge on any atom is -0.282 e. The third kappa shape index (κ3) is 1.80. The van der Waals surface area contributed by atoms with Crippen molar-refractivity contribution in [2.45, 2.75) is 11.8 Å². The molecule has 0 aliphatic heterocycles. The van der Waals surface area contributed by atoms with E-state index in [1.165, 1.54) is 12.1 Å². The van der Waals surface area contributed by atoms with Crippen LogP contribution in [0.25, 0.3) is 16.7 Å². The van der Waals surface area contributed by atoms with E-state index in [-0.39, 0.29) is 4.90 Å². The van der Waals surface area contributed by atoms with E-state index in [1.807, 2.05) is 25.1 Å². The van der Waals surface area contributed by atoms with Gasteiger partial charge in [-0.15, -0.1) is 0 Å². The molecule has 2 aromatic carbocycles. The normalized spacial score (nSPS) is 13.3. The van der Waals surface area contributed by atoms with Crippen LogP contribution in [0.4, 0.5) is 0 Å². The maximum atomic E-state index is 11.2. The van der Waals surface area contributed by atoms with Crippen molar-refractivity contribution in [2.24, 2.45) is 0 Å². The van der Waals surface area contributed by atoms with E-state index in [4.69, 9.17) is 4.55 Å². The van der Waals surface area contributed by atoms with Crippen LogP contribution in [0, 0.1) is 6.92 Å². The summed E-state index contributed by atoms with van der Waals surface area (Å²) in [7, 11) is -4.18. The Hall–Kier alpha value is -1.91. The van der Waals surface area contributed by atoms with E-state index in [1.54, 1.807) is 6.07 Å². The molecule has 0 spiro atoms. The SMILES string of the molecule is C=C1c2cc(C)ccc2-c2ccc(S(=O)(=O)O)cc21. The van der Waals surface area contributed by atoms with Gasteiger partial charge in [-0.1, -0.05) is 36.4 Å². The molecule has 3 rings (SSSR count). The highest BCUT2D eigenvalue weighted by Gasteiger charge is 2.24. The minimum absolute atomic E-state index is 0.100. The van der Waals surface area contributed by atoms with Gasteiger partial charge in [-0.05, 0) is 46.9 Å². The molecule has 19 heavy (non-hydrogen) atoms. The van der Waals surface area contributed by atoms with Crippen LogP contribution in [0.3, 0.4) is 0 Å². The summed E-state index contributed by atoms with van der Waals surface area (Å²) in [6.45, 7) is 6.02. The zero-order valence-corrected chi connectivity index (χ0v) is 11.2. The smallest absolute Gasteiger partial charge is 0.282 e. The van der Waals surface area contributed by atoms with Crippen molar-refractivity contribution >= 4 is 15.7 Å². The molecule has 0 radical (unpaired) electrons. The molecular formula is C15H12O3S. The number of fused-ring (bicyclic) bond motifs is 3. The molecule has 0 saturated heterocycles. The number of rotatable bonds is 1. The van der Waals surface area contributed by atoms with E-state index in [2.05, 4.69) is 6.58 Å². The molecule has 0 fully saturated rings. The average Bonchev–Trinajstić information content (AvgIpc) is 2.62. The monoisotopic (exact) mass is 272 g/mol. The molecule has 4 heteroatoms. The van der Waals surface area contributed by atoms with Gasteiger partial charge in [-0.2, -0.15) is 8.42 Å². The number of aryl methyl sites for hydroxylation is 1. The van der Waals surface area contributed by atoms with Gasteiger partial charge in [0.25, 0.3) is 10.1 Å². The summed E-state index contributed by atoms with van der Waals surface area (Å²) in [5, 5.41) is 0. The molecule has 0 saturated carbocycles. The zero-order chi connectivity index (χ0) is 13.8. The number of benzene rings is 2. The summed E-state index contributed by atoms with van der Waals surface area (Å²) in [5.41, 5.74) is 5.69. The van der Waals surface area contributed by atoms with Crippen molar-refractivity contribution in [2.75, 3.05) is 0 Å². The van der Waals surface area contributed by atoms with Gasteiger partial charge in [0.15, 0.2) is 0 Å². The van der Waals surface area contributed by atoms with Crippen LogP contribution in [-0.4, -0.2) is 13.0 Å². The van der Waals surface area contributed by atoms with Gasteiger partial charge < -0.3 is 0 Å². The van der Waals surface area contributed by atoms with Gasteiger partial charge in [-0.25, -0.2) is 0 Å². The third-order valence-electron chi connectivity index (χ3n) is 3.40. The lowest BCUT2D eigenvalue weighted by atomic mass is 10.0. The summed E-state index contributed by atoms with van der Waals surface area (Å²) < 4.78 is 31.5. The van der Waals surface area contributed by atoms with E-state index in [0.29, 0.717) is 0 Å². The predicted molar refractivity (Wildman–Crippen MR) is 74.6 cm³/mol. The Morgan fingerprint density at radius 1 is 0.947 bits per heavy atom. The number of hydrogen-bond donors (Lipinski definition) is 1. The van der Waals surface area contributed by atoms with E-state index in [9.17, 15) is 8.42 Å². The standard InChI is InChI=1S/C15H12O3S/c1-9-3-5-12-13-6-4-11(19(16,17)18)8-15(13)10(2)14(12)7-9/h3-8H,2H2,1H3,(H,16,17,18). The van der Waals surface area contributed by atoms with Crippen LogP contribution in [0.5, 0.6) is 0 Å². The molecule has 0 unspecified atom stereocenters. The van der Waals surface area contributed by atoms with Crippen LogP contribution in [0.2, 0.25) is 0 Å². The Morgan fingerprint density at radius 2 is 1.53 bits per heavy atom. The first-order chi connectivity index (χ1) is 8.88. The fraction of sp³-hybridized carbons (Fsp3) is 0.0667. The molecule has 0 bridgehead atoms. The minimum atomic E-state index is -4.18. The van der Waals surface area contributed by atoms with Crippen LogP contribution >= 0.6 is 0 Å². The first-order valence-electron chi connectivity index (χ1n) is 5.80. The molecule has 96 valence electrons. The molecule has 1 aliphatic carbocycles. The second-order valence-corrected chi connectivity index (χ2v) is 6.13. The summed E-state index contributed by atoms with van der Waals surface area (Å²) in [6, 6.07) is 10.7. The average molecular weight is 272 g/mol. The van der Waals surface area contributed by atoms with Crippen LogP contribution < -0.4 is 0 Å². The Bertz CT molecular complexity index is 817. The van der Waals surface area contributed by atoms with E-state index in [0.717, 1.165) is 33.4 Å². The maximum absolute atomic E-state index is 11.2. The second-order valence-electron chi connectivity index (χ2n) is 4.71. The third-order valence-corrected chi connectivity index (χ3v) is 4.25. The molecule has 1 aliphatic rings. The molecular weight excluding hydrogens is 260 g/mol. The lowest BCUT2D eigenvalue weighted by molar-refractivity contribution is 0.483. The van der Waals surface area contributed by atoms with Crippen LogP contribution in [-0.2, 0) is 10.1 Å². The fourth-order valence-corrected chi connectivity index (χ4v) is 2.96. The van der Waals surface area contributed by atoms with Crippen molar-refractivity contribution < 1.29 is 13.0 Å². The highest BCUT2D eigenvalue weighted by molar-refractivity contribution is 7.85. The van der Waals surface area contributed by atoms with Crippen molar-refractivity contribution in [1.29, 1.82) is 0 Å². The largest absolute Gasteiger partial charge is 0.294 e. The van der Waals surface area contributed by atoms with Crippen LogP contribution in [0.15, 0.2) is 47.9 Å². The van der Waals surface area contributed by atoms with Crippen molar-refractivity contribution in [3.8, 4) is 11.1 Å². The highest BCUT2D eigenvalue weighted by atomic mass is 32.2. The quantitative estimate of drug-likeness (QED) is 0.692. The molecule has 0 amide bonds. The molecule has 0 aromatic heterocycles. The Kier molecular flexibility index (Phi) is 2.42. The zero-order valence-electron chi connectivity index (χ0n) is 10.3. The van der Waals surface area contributed by atoms with Crippen molar-refractivity contribution in [3.05, 3.63) is 59.7 Å². The van der Waals surface area contributed by atoms with E-state index >= 15 is 0 Å². The van der Waals surface area contributed by atoms with Gasteiger partial charge in [-0.3, -0.25) is 4.55 Å². The first kappa shape index (κ1) is 12.1. The lowest BCUT2D eigenvalue weighted by Crippen LogP contribution is -1.98. The van der Waals surface area contributed by atoms with Gasteiger partial charge in [0.05, 0.1) is 4.90 Å². The Morgan fingerprint density at radius 3 is 2.16 bits per heavy atom. The van der Waals surface area contributed by atoms with Gasteiger partial charge in [0.2, 0.25) is 0 Å². The first-order valence-corrected chi connectivity index (χ1v) is 7.24. The van der Waals surface area contributed by atoms with E-state index < -0.39 is 10.1 Å². The highest BCUT2D eigenvalue weighted by Crippen LogP contribution is 2.44. The summed E-state index contributed by atoms with van der Waals surface area (Å²) in [4.78, 5) is -0.100. The van der Waals surface area contributed by atoms with Crippen molar-refractivity contribution in [3.63, 3.8) is 0 Å². The van der Waals surface area contributed by atoms with Gasteiger partial charge in [0.1, 0.15) is 0 Å². The molecule has 0 heterocycles. The molecule has 3 nitrogen and oxygen atoms in total. The topological polar surface area (TPSA) is 54.4 Å². The van der Waals surface area contributed by atoms with Crippen molar-refractivity contribution in [1.82, 2.24) is 0 Å². The maximum Gasteiger partial charge on any atom is 0.294 e.